The van der Waals surface area contributed by atoms with Crippen LogP contribution in [0.25, 0.3) is 0 Å². The molecule has 0 saturated heterocycles. The first-order valence-corrected chi connectivity index (χ1v) is 11.3. The van der Waals surface area contributed by atoms with Gasteiger partial charge < -0.3 is 9.47 Å². The molecule has 2 rings (SSSR count). The van der Waals surface area contributed by atoms with Crippen molar-refractivity contribution < 1.29 is 35.8 Å². The number of fused-ring (bicyclic) bond motifs is 1. The number of alkyl halides is 6. The number of hydrogen-bond acceptors (Lipinski definition) is 2. The van der Waals surface area contributed by atoms with Crippen LogP contribution in [-0.4, -0.2) is 31.9 Å². The van der Waals surface area contributed by atoms with Gasteiger partial charge in [-0.3, -0.25) is 0 Å². The first-order valence-electron chi connectivity index (χ1n) is 10.4. The Kier molecular flexibility index (Phi) is 8.39. The van der Waals surface area contributed by atoms with E-state index < -0.39 is 31.2 Å². The molecule has 2 aliphatic rings. The zero-order valence-corrected chi connectivity index (χ0v) is 19.2. The van der Waals surface area contributed by atoms with Gasteiger partial charge in [0.05, 0.1) is 0 Å². The number of ether oxygens (including phenoxy) is 2. The maximum atomic E-state index is 13.5. The topological polar surface area (TPSA) is 18.5 Å². The summed E-state index contributed by atoms with van der Waals surface area (Å²) in [7, 11) is 0.997. The van der Waals surface area contributed by atoms with E-state index in [1.54, 1.807) is 0 Å². The molecule has 30 heavy (non-hydrogen) atoms. The fraction of sp³-hybridized carbons (Fsp3) is 0.905. The second-order valence-electron chi connectivity index (χ2n) is 9.02. The minimum Gasteiger partial charge on any atom is -0.359 e. The molecule has 0 bridgehead atoms. The Bertz CT molecular complexity index is 589. The van der Waals surface area contributed by atoms with Crippen molar-refractivity contribution in [2.75, 3.05) is 13.9 Å². The fourth-order valence-corrected chi connectivity index (χ4v) is 6.41. The summed E-state index contributed by atoms with van der Waals surface area (Å²) in [6.07, 6.45) is -7.10. The minimum absolute atomic E-state index is 0.0382. The van der Waals surface area contributed by atoms with E-state index in [1.165, 1.54) is 5.57 Å². The van der Waals surface area contributed by atoms with Gasteiger partial charge in [-0.1, -0.05) is 41.8 Å². The lowest BCUT2D eigenvalue weighted by Gasteiger charge is -2.44. The molecule has 0 aromatic carbocycles. The van der Waals surface area contributed by atoms with Gasteiger partial charge in [0, 0.05) is 7.11 Å². The molecule has 0 heterocycles. The van der Waals surface area contributed by atoms with E-state index in [0.29, 0.717) is 12.3 Å². The van der Waals surface area contributed by atoms with E-state index in [2.05, 4.69) is 32.3 Å². The molecule has 0 amide bonds. The van der Waals surface area contributed by atoms with Crippen LogP contribution in [-0.2, 0) is 9.47 Å². The van der Waals surface area contributed by atoms with Crippen molar-refractivity contribution >= 4 is 15.9 Å². The Morgan fingerprint density at radius 3 is 2.33 bits per heavy atom. The predicted molar refractivity (Wildman–Crippen MR) is 106 cm³/mol. The van der Waals surface area contributed by atoms with Gasteiger partial charge in [-0.15, -0.1) is 0 Å². The van der Waals surface area contributed by atoms with Crippen LogP contribution in [0.15, 0.2) is 10.6 Å². The third kappa shape index (κ3) is 4.87. The maximum absolute atomic E-state index is 13.5. The molecule has 0 radical (unpaired) electrons. The molecule has 0 spiro atoms. The standard InChI is InChI=1S/C21H31BrF6O2/c1-14(16-8-9-17-15(12-22)7-5-10-18(16,17)2)6-4-11-19(20(23,24)25,21(26,27)28)30-13-29-3/h12,14,16-17H,4-11,13H2,1-3H3/b15-12-/t14-,16-,17+,18-/m1/s1. The highest BCUT2D eigenvalue weighted by molar-refractivity contribution is 9.11. The monoisotopic (exact) mass is 508 g/mol. The summed E-state index contributed by atoms with van der Waals surface area (Å²) in [4.78, 5) is 2.00. The Morgan fingerprint density at radius 1 is 1.17 bits per heavy atom. The molecular weight excluding hydrogens is 478 g/mol. The lowest BCUT2D eigenvalue weighted by atomic mass is 9.61. The van der Waals surface area contributed by atoms with E-state index >= 15 is 0 Å². The van der Waals surface area contributed by atoms with E-state index in [9.17, 15) is 26.3 Å². The number of rotatable bonds is 8. The molecular formula is C21H31BrF6O2. The quantitative estimate of drug-likeness (QED) is 0.246. The van der Waals surface area contributed by atoms with Crippen LogP contribution >= 0.6 is 15.9 Å². The van der Waals surface area contributed by atoms with Crippen LogP contribution in [0.4, 0.5) is 26.3 Å². The zero-order chi connectivity index (χ0) is 22.8. The van der Waals surface area contributed by atoms with Crippen molar-refractivity contribution in [2.45, 2.75) is 83.2 Å². The summed E-state index contributed by atoms with van der Waals surface area (Å²) in [6, 6.07) is 0. The smallest absolute Gasteiger partial charge is 0.359 e. The summed E-state index contributed by atoms with van der Waals surface area (Å²) >= 11 is 3.45. The van der Waals surface area contributed by atoms with Crippen molar-refractivity contribution in [2.24, 2.45) is 23.2 Å². The molecule has 2 saturated carbocycles. The molecule has 9 heteroatoms. The van der Waals surface area contributed by atoms with Crippen molar-refractivity contribution in [3.8, 4) is 0 Å². The van der Waals surface area contributed by atoms with Gasteiger partial charge in [0.2, 0.25) is 0 Å². The fourth-order valence-electron chi connectivity index (χ4n) is 5.86. The molecule has 0 aromatic heterocycles. The molecule has 4 atom stereocenters. The number of hydrogen-bond donors (Lipinski definition) is 0. The Labute approximate surface area is 182 Å². The van der Waals surface area contributed by atoms with Crippen LogP contribution in [0.3, 0.4) is 0 Å². The third-order valence-electron chi connectivity index (χ3n) is 7.39. The molecule has 0 unspecified atom stereocenters. The van der Waals surface area contributed by atoms with Crippen LogP contribution < -0.4 is 0 Å². The Morgan fingerprint density at radius 2 is 1.80 bits per heavy atom. The number of halogens is 7. The van der Waals surface area contributed by atoms with Crippen LogP contribution in [0.2, 0.25) is 0 Å². The SMILES string of the molecule is COCOC(CCC[C@@H](C)[C@H]1CC[C@H]2/C(=C\Br)CCC[C@]12C)(C(F)(F)F)C(F)(F)F. The van der Waals surface area contributed by atoms with Crippen molar-refractivity contribution in [1.29, 1.82) is 0 Å². The van der Waals surface area contributed by atoms with Crippen LogP contribution in [0, 0.1) is 23.2 Å². The lowest BCUT2D eigenvalue weighted by Crippen LogP contribution is -2.59. The molecule has 2 aliphatic carbocycles. The zero-order valence-electron chi connectivity index (χ0n) is 17.6. The molecule has 0 aromatic rings. The van der Waals surface area contributed by atoms with E-state index in [1.807, 2.05) is 11.9 Å². The number of methoxy groups -OCH3 is 1. The van der Waals surface area contributed by atoms with Crippen molar-refractivity contribution in [1.82, 2.24) is 0 Å². The van der Waals surface area contributed by atoms with E-state index in [-0.39, 0.29) is 23.7 Å². The molecule has 2 nitrogen and oxygen atoms in total. The van der Waals surface area contributed by atoms with Gasteiger partial charge in [0.25, 0.3) is 5.60 Å². The Balaban J connectivity index is 2.09. The normalized spacial score (nSPS) is 30.5. The number of allylic oxidation sites excluding steroid dienone is 1. The first kappa shape index (κ1) is 26.0. The summed E-state index contributed by atoms with van der Waals surface area (Å²) < 4.78 is 89.5. The van der Waals surface area contributed by atoms with Gasteiger partial charge in [0.1, 0.15) is 6.79 Å². The largest absolute Gasteiger partial charge is 0.426 e. The van der Waals surface area contributed by atoms with Crippen LogP contribution in [0.5, 0.6) is 0 Å². The molecule has 0 N–H and O–H groups in total. The summed E-state index contributed by atoms with van der Waals surface area (Å²) in [5.74, 6) is 0.764. The summed E-state index contributed by atoms with van der Waals surface area (Å²) in [5.41, 5.74) is -2.77. The average Bonchev–Trinajstić information content (AvgIpc) is 2.99. The van der Waals surface area contributed by atoms with E-state index in [4.69, 9.17) is 0 Å². The molecule has 2 fully saturated rings. The van der Waals surface area contributed by atoms with Gasteiger partial charge in [-0.05, 0) is 73.1 Å². The second kappa shape index (κ2) is 9.69. The third-order valence-corrected chi connectivity index (χ3v) is 7.98. The van der Waals surface area contributed by atoms with Gasteiger partial charge in [-0.25, -0.2) is 0 Å². The summed E-state index contributed by atoms with van der Waals surface area (Å²) in [5, 5.41) is 0. The highest BCUT2D eigenvalue weighted by atomic mass is 79.9. The predicted octanol–water partition coefficient (Wildman–Crippen LogP) is 7.77. The highest BCUT2D eigenvalue weighted by Gasteiger charge is 2.71. The van der Waals surface area contributed by atoms with Gasteiger partial charge in [-0.2, -0.15) is 26.3 Å². The van der Waals surface area contributed by atoms with Crippen LogP contribution in [0.1, 0.15) is 65.2 Å². The molecule has 0 aliphatic heterocycles. The second-order valence-corrected chi connectivity index (χ2v) is 9.48. The van der Waals surface area contributed by atoms with Gasteiger partial charge >= 0.3 is 12.4 Å². The van der Waals surface area contributed by atoms with Gasteiger partial charge in [0.15, 0.2) is 0 Å². The van der Waals surface area contributed by atoms with Crippen molar-refractivity contribution in [3.05, 3.63) is 10.6 Å². The maximum Gasteiger partial charge on any atom is 0.426 e. The summed E-state index contributed by atoms with van der Waals surface area (Å²) in [6.45, 7) is 3.13. The highest BCUT2D eigenvalue weighted by Crippen LogP contribution is 2.60. The Hall–Kier alpha value is -0.280. The van der Waals surface area contributed by atoms with Crippen molar-refractivity contribution in [3.63, 3.8) is 0 Å². The van der Waals surface area contributed by atoms with E-state index in [0.717, 1.165) is 39.2 Å². The lowest BCUT2D eigenvalue weighted by molar-refractivity contribution is -0.394. The first-order chi connectivity index (χ1) is 13.8. The minimum atomic E-state index is -5.57. The molecule has 176 valence electrons. The average molecular weight is 509 g/mol.